The number of carbonyl (C=O) groups excluding carboxylic acids is 1. The van der Waals surface area contributed by atoms with Gasteiger partial charge in [0.1, 0.15) is 16.1 Å². The molecule has 2 aromatic heterocycles. The summed E-state index contributed by atoms with van der Waals surface area (Å²) in [4.78, 5) is 16.9. The van der Waals surface area contributed by atoms with Gasteiger partial charge in [-0.2, -0.15) is 4.31 Å². The van der Waals surface area contributed by atoms with E-state index in [9.17, 15) is 13.2 Å². The molecule has 3 rings (SSSR count). The van der Waals surface area contributed by atoms with Gasteiger partial charge in [-0.3, -0.25) is 4.79 Å². The van der Waals surface area contributed by atoms with Crippen molar-refractivity contribution in [3.05, 3.63) is 71.6 Å². The molecule has 9 heteroatoms. The summed E-state index contributed by atoms with van der Waals surface area (Å²) in [6, 6.07) is 12.2. The number of carbonyl (C=O) groups is 1. The molecule has 0 fully saturated rings. The summed E-state index contributed by atoms with van der Waals surface area (Å²) in [5.41, 5.74) is 0.865. The molecule has 1 unspecified atom stereocenters. The van der Waals surface area contributed by atoms with E-state index in [2.05, 4.69) is 10.3 Å². The molecule has 3 aromatic rings. The van der Waals surface area contributed by atoms with E-state index in [-0.39, 0.29) is 10.8 Å². The number of hydrogen-bond acceptors (Lipinski definition) is 5. The molecule has 0 spiro atoms. The second kappa shape index (κ2) is 8.03. The third-order valence-corrected chi connectivity index (χ3v) is 7.26. The fraction of sp³-hybridized carbons (Fsp3) is 0.222. The number of aromatic nitrogens is 2. The number of rotatable bonds is 7. The highest BCUT2D eigenvalue weighted by Crippen LogP contribution is 2.21. The molecule has 0 aliphatic carbocycles. The predicted octanol–water partition coefficient (Wildman–Crippen LogP) is 2.01. The van der Waals surface area contributed by atoms with Crippen molar-refractivity contribution in [1.82, 2.24) is 19.2 Å². The average molecular weight is 405 g/mol. The van der Waals surface area contributed by atoms with E-state index in [4.69, 9.17) is 0 Å². The number of likely N-dealkylation sites (N-methyl/N-ethyl adjacent to an activating group) is 1. The van der Waals surface area contributed by atoms with Crippen molar-refractivity contribution in [2.75, 3.05) is 13.6 Å². The predicted molar refractivity (Wildman–Crippen MR) is 104 cm³/mol. The Labute approximate surface area is 162 Å². The maximum absolute atomic E-state index is 12.6. The standard InChI is InChI=1S/C18H20N4O3S2/c1-21-11-10-19-18(21)17(14-7-4-3-5-8-14)20-15(23)13-22(2)27(24,25)16-9-6-12-26-16/h3-12,17H,13H2,1-2H3,(H,20,23). The Bertz CT molecular complexity index is 998. The molecule has 1 N–H and O–H groups in total. The number of benzene rings is 1. The largest absolute Gasteiger partial charge is 0.341 e. The zero-order chi connectivity index (χ0) is 19.4. The average Bonchev–Trinajstić information content (AvgIpc) is 3.32. The number of hydrogen-bond donors (Lipinski definition) is 1. The topological polar surface area (TPSA) is 84.3 Å². The first-order valence-corrected chi connectivity index (χ1v) is 10.5. The highest BCUT2D eigenvalue weighted by molar-refractivity contribution is 7.91. The van der Waals surface area contributed by atoms with E-state index in [1.54, 1.807) is 23.8 Å². The van der Waals surface area contributed by atoms with Crippen LogP contribution in [-0.4, -0.2) is 41.8 Å². The highest BCUT2D eigenvalue weighted by Gasteiger charge is 2.26. The molecule has 1 atom stereocenters. The third kappa shape index (κ3) is 4.26. The number of sulfonamides is 1. The van der Waals surface area contributed by atoms with Crippen LogP contribution >= 0.6 is 11.3 Å². The second-order valence-electron chi connectivity index (χ2n) is 6.00. The van der Waals surface area contributed by atoms with Crippen molar-refractivity contribution in [3.8, 4) is 0 Å². The highest BCUT2D eigenvalue weighted by atomic mass is 32.2. The monoisotopic (exact) mass is 404 g/mol. The van der Waals surface area contributed by atoms with Crippen LogP contribution in [0.25, 0.3) is 0 Å². The van der Waals surface area contributed by atoms with Crippen LogP contribution in [0.4, 0.5) is 0 Å². The van der Waals surface area contributed by atoms with E-state index < -0.39 is 22.0 Å². The number of aryl methyl sites for hydroxylation is 1. The molecular formula is C18H20N4O3S2. The fourth-order valence-electron chi connectivity index (χ4n) is 2.66. The number of thiophene rings is 1. The van der Waals surface area contributed by atoms with Crippen LogP contribution in [0, 0.1) is 0 Å². The van der Waals surface area contributed by atoms with Gasteiger partial charge in [0.15, 0.2) is 0 Å². The van der Waals surface area contributed by atoms with E-state index >= 15 is 0 Å². The van der Waals surface area contributed by atoms with Crippen LogP contribution in [0.2, 0.25) is 0 Å². The Morgan fingerprint density at radius 3 is 2.59 bits per heavy atom. The van der Waals surface area contributed by atoms with E-state index in [0.717, 1.165) is 21.2 Å². The molecule has 1 aromatic carbocycles. The summed E-state index contributed by atoms with van der Waals surface area (Å²) < 4.78 is 28.1. The van der Waals surface area contributed by atoms with Crippen molar-refractivity contribution >= 4 is 27.3 Å². The normalized spacial score (nSPS) is 12.9. The lowest BCUT2D eigenvalue weighted by Crippen LogP contribution is -2.40. The van der Waals surface area contributed by atoms with Crippen molar-refractivity contribution < 1.29 is 13.2 Å². The quantitative estimate of drug-likeness (QED) is 0.653. The molecule has 0 radical (unpaired) electrons. The van der Waals surface area contributed by atoms with E-state index in [0.29, 0.717) is 5.82 Å². The maximum atomic E-state index is 12.6. The van der Waals surface area contributed by atoms with Gasteiger partial charge in [-0.25, -0.2) is 13.4 Å². The van der Waals surface area contributed by atoms with Gasteiger partial charge in [-0.1, -0.05) is 36.4 Å². The summed E-state index contributed by atoms with van der Waals surface area (Å²) in [6.45, 7) is -0.284. The number of imidazole rings is 1. The van der Waals surface area contributed by atoms with Crippen LogP contribution in [0.3, 0.4) is 0 Å². The minimum absolute atomic E-state index is 0.210. The maximum Gasteiger partial charge on any atom is 0.252 e. The molecular weight excluding hydrogens is 384 g/mol. The summed E-state index contributed by atoms with van der Waals surface area (Å²) in [5, 5.41) is 4.59. The molecule has 0 aliphatic rings. The summed E-state index contributed by atoms with van der Waals surface area (Å²) in [5.74, 6) is 0.257. The van der Waals surface area contributed by atoms with Gasteiger partial charge in [0.2, 0.25) is 5.91 Å². The molecule has 142 valence electrons. The lowest BCUT2D eigenvalue weighted by atomic mass is 10.1. The van der Waals surface area contributed by atoms with Gasteiger partial charge in [0.05, 0.1) is 6.54 Å². The molecule has 7 nitrogen and oxygen atoms in total. The molecule has 1 amide bonds. The Morgan fingerprint density at radius 1 is 1.26 bits per heavy atom. The minimum atomic E-state index is -3.68. The molecule has 0 saturated carbocycles. The molecule has 0 saturated heterocycles. The first-order chi connectivity index (χ1) is 12.9. The smallest absolute Gasteiger partial charge is 0.252 e. The lowest BCUT2D eigenvalue weighted by Gasteiger charge is -2.21. The Hall–Kier alpha value is -2.49. The van der Waals surface area contributed by atoms with Gasteiger partial charge >= 0.3 is 0 Å². The SMILES string of the molecule is CN(CC(=O)NC(c1ccccc1)c1nccn1C)S(=O)(=O)c1cccs1. The molecule has 27 heavy (non-hydrogen) atoms. The third-order valence-electron chi connectivity index (χ3n) is 4.08. The minimum Gasteiger partial charge on any atom is -0.341 e. The fourth-order valence-corrected chi connectivity index (χ4v) is 4.98. The summed E-state index contributed by atoms with van der Waals surface area (Å²) >= 11 is 1.12. The van der Waals surface area contributed by atoms with Crippen LogP contribution in [0.5, 0.6) is 0 Å². The number of amides is 1. The van der Waals surface area contributed by atoms with Crippen molar-refractivity contribution in [2.24, 2.45) is 7.05 Å². The van der Waals surface area contributed by atoms with Gasteiger partial charge in [-0.05, 0) is 17.0 Å². The lowest BCUT2D eigenvalue weighted by molar-refractivity contribution is -0.121. The number of nitrogens with one attached hydrogen (secondary N) is 1. The van der Waals surface area contributed by atoms with Gasteiger partial charge in [0, 0.05) is 26.5 Å². The first kappa shape index (κ1) is 19.3. The van der Waals surface area contributed by atoms with Crippen LogP contribution in [0.1, 0.15) is 17.4 Å². The van der Waals surface area contributed by atoms with E-state index in [1.165, 1.54) is 13.1 Å². The first-order valence-electron chi connectivity index (χ1n) is 8.21. The van der Waals surface area contributed by atoms with E-state index in [1.807, 2.05) is 41.9 Å². The van der Waals surface area contributed by atoms with Crippen molar-refractivity contribution in [2.45, 2.75) is 10.3 Å². The van der Waals surface area contributed by atoms with Crippen molar-refractivity contribution in [3.63, 3.8) is 0 Å². The van der Waals surface area contributed by atoms with Crippen LogP contribution < -0.4 is 5.32 Å². The van der Waals surface area contributed by atoms with Crippen LogP contribution in [-0.2, 0) is 21.9 Å². The number of nitrogens with zero attached hydrogens (tertiary/aromatic N) is 3. The van der Waals surface area contributed by atoms with Crippen LogP contribution in [0.15, 0.2) is 64.4 Å². The molecule has 2 heterocycles. The summed E-state index contributed by atoms with van der Waals surface area (Å²) in [6.07, 6.45) is 3.45. The van der Waals surface area contributed by atoms with Gasteiger partial charge in [0.25, 0.3) is 10.0 Å². The zero-order valence-corrected chi connectivity index (χ0v) is 16.6. The summed E-state index contributed by atoms with van der Waals surface area (Å²) in [7, 11) is -0.442. The second-order valence-corrected chi connectivity index (χ2v) is 9.22. The van der Waals surface area contributed by atoms with Gasteiger partial charge < -0.3 is 9.88 Å². The van der Waals surface area contributed by atoms with Crippen molar-refractivity contribution in [1.29, 1.82) is 0 Å². The zero-order valence-electron chi connectivity index (χ0n) is 14.9. The Balaban J connectivity index is 1.78. The Kier molecular flexibility index (Phi) is 5.73. The molecule has 0 aliphatic heterocycles. The Morgan fingerprint density at radius 2 is 2.00 bits per heavy atom. The van der Waals surface area contributed by atoms with Gasteiger partial charge in [-0.15, -0.1) is 11.3 Å². The molecule has 0 bridgehead atoms.